The summed E-state index contributed by atoms with van der Waals surface area (Å²) in [5.41, 5.74) is 0.900. The molecule has 6 heteroatoms. The van der Waals surface area contributed by atoms with Crippen LogP contribution in [0.15, 0.2) is 42.5 Å². The number of anilines is 1. The van der Waals surface area contributed by atoms with Crippen molar-refractivity contribution in [2.75, 3.05) is 5.32 Å². The van der Waals surface area contributed by atoms with Crippen LogP contribution in [0.2, 0.25) is 0 Å². The minimum Gasteiger partial charge on any atom is -0.478 e. The van der Waals surface area contributed by atoms with Crippen molar-refractivity contribution in [3.8, 4) is 0 Å². The van der Waals surface area contributed by atoms with E-state index in [0.29, 0.717) is 5.56 Å². The topological polar surface area (TPSA) is 104 Å². The maximum Gasteiger partial charge on any atom is 0.337 e. The quantitative estimate of drug-likeness (QED) is 0.805. The zero-order chi connectivity index (χ0) is 16.3. The van der Waals surface area contributed by atoms with Crippen LogP contribution < -0.4 is 5.32 Å². The van der Waals surface area contributed by atoms with Gasteiger partial charge in [0.1, 0.15) is 0 Å². The van der Waals surface area contributed by atoms with Crippen LogP contribution in [-0.2, 0) is 0 Å². The predicted molar refractivity (Wildman–Crippen MR) is 79.5 cm³/mol. The van der Waals surface area contributed by atoms with Crippen molar-refractivity contribution in [2.24, 2.45) is 0 Å². The highest BCUT2D eigenvalue weighted by molar-refractivity contribution is 6.08. The van der Waals surface area contributed by atoms with Crippen LogP contribution >= 0.6 is 0 Å². The van der Waals surface area contributed by atoms with Crippen molar-refractivity contribution >= 4 is 23.5 Å². The fraction of sp³-hybridized carbons (Fsp3) is 0.0625. The van der Waals surface area contributed by atoms with Crippen molar-refractivity contribution in [3.63, 3.8) is 0 Å². The minimum absolute atomic E-state index is 0.0566. The number of hydrogen-bond acceptors (Lipinski definition) is 3. The zero-order valence-electron chi connectivity index (χ0n) is 11.7. The number of carbonyl (C=O) groups is 3. The lowest BCUT2D eigenvalue weighted by Gasteiger charge is -2.10. The maximum atomic E-state index is 12.2. The summed E-state index contributed by atoms with van der Waals surface area (Å²) in [6, 6.07) is 10.2. The average Bonchev–Trinajstić information content (AvgIpc) is 2.46. The average molecular weight is 299 g/mol. The van der Waals surface area contributed by atoms with Crippen LogP contribution in [-0.4, -0.2) is 28.1 Å². The summed E-state index contributed by atoms with van der Waals surface area (Å²) in [4.78, 5) is 34.3. The van der Waals surface area contributed by atoms with Gasteiger partial charge in [-0.1, -0.05) is 17.7 Å². The second-order valence-corrected chi connectivity index (χ2v) is 4.69. The molecule has 0 aliphatic rings. The fourth-order valence-corrected chi connectivity index (χ4v) is 1.95. The molecule has 0 aromatic heterocycles. The van der Waals surface area contributed by atoms with Gasteiger partial charge in [0.05, 0.1) is 16.8 Å². The third kappa shape index (κ3) is 3.29. The van der Waals surface area contributed by atoms with E-state index in [1.807, 2.05) is 13.0 Å². The number of carboxylic acids is 2. The van der Waals surface area contributed by atoms with Gasteiger partial charge in [0.25, 0.3) is 5.91 Å². The first-order valence-electron chi connectivity index (χ1n) is 6.37. The summed E-state index contributed by atoms with van der Waals surface area (Å²) in [5, 5.41) is 20.5. The number of benzene rings is 2. The normalized spacial score (nSPS) is 10.0. The Morgan fingerprint density at radius 3 is 2.23 bits per heavy atom. The Morgan fingerprint density at radius 2 is 1.64 bits per heavy atom. The highest BCUT2D eigenvalue weighted by atomic mass is 16.4. The van der Waals surface area contributed by atoms with Crippen LogP contribution in [0.3, 0.4) is 0 Å². The molecular weight excluding hydrogens is 286 g/mol. The number of hydrogen-bond donors (Lipinski definition) is 3. The van der Waals surface area contributed by atoms with Crippen LogP contribution in [0.5, 0.6) is 0 Å². The molecule has 0 fully saturated rings. The Bertz CT molecular complexity index is 767. The first-order valence-corrected chi connectivity index (χ1v) is 6.37. The first-order chi connectivity index (χ1) is 10.4. The summed E-state index contributed by atoms with van der Waals surface area (Å²) in [7, 11) is 0. The number of carboxylic acid groups (broad SMARTS) is 2. The van der Waals surface area contributed by atoms with E-state index in [0.717, 1.165) is 17.7 Å². The number of aryl methyl sites for hydroxylation is 1. The van der Waals surface area contributed by atoms with E-state index in [1.54, 1.807) is 18.2 Å². The zero-order valence-corrected chi connectivity index (χ0v) is 11.7. The molecule has 2 aromatic rings. The van der Waals surface area contributed by atoms with Crippen LogP contribution in [0.1, 0.15) is 36.6 Å². The Morgan fingerprint density at radius 1 is 0.909 bits per heavy atom. The molecule has 112 valence electrons. The van der Waals surface area contributed by atoms with Gasteiger partial charge in [-0.2, -0.15) is 0 Å². The molecule has 0 aliphatic carbocycles. The van der Waals surface area contributed by atoms with E-state index in [4.69, 9.17) is 10.2 Å². The van der Waals surface area contributed by atoms with Gasteiger partial charge in [-0.15, -0.1) is 0 Å². The van der Waals surface area contributed by atoms with E-state index < -0.39 is 17.8 Å². The van der Waals surface area contributed by atoms with Crippen molar-refractivity contribution in [3.05, 3.63) is 64.7 Å². The molecule has 2 rings (SSSR count). The molecule has 6 nitrogen and oxygen atoms in total. The largest absolute Gasteiger partial charge is 0.478 e. The van der Waals surface area contributed by atoms with E-state index in [1.165, 1.54) is 6.07 Å². The van der Waals surface area contributed by atoms with Gasteiger partial charge in [-0.25, -0.2) is 9.59 Å². The highest BCUT2D eigenvalue weighted by Crippen LogP contribution is 2.19. The van der Waals surface area contributed by atoms with Gasteiger partial charge in [-0.05, 0) is 37.3 Å². The summed E-state index contributed by atoms with van der Waals surface area (Å²) in [6.07, 6.45) is 0. The summed E-state index contributed by atoms with van der Waals surface area (Å²) in [6.45, 7) is 1.82. The molecule has 22 heavy (non-hydrogen) atoms. The Hall–Kier alpha value is -3.15. The van der Waals surface area contributed by atoms with Gasteiger partial charge in [-0.3, -0.25) is 4.79 Å². The minimum atomic E-state index is -1.25. The van der Waals surface area contributed by atoms with Crippen molar-refractivity contribution in [1.82, 2.24) is 0 Å². The van der Waals surface area contributed by atoms with Gasteiger partial charge < -0.3 is 15.5 Å². The molecule has 0 bridgehead atoms. The molecule has 0 atom stereocenters. The molecule has 0 heterocycles. The standard InChI is InChI=1S/C16H13NO5/c1-9-3-2-4-10(7-9)14(18)17-13-8-11(15(19)20)5-6-12(13)16(21)22/h2-8H,1H3,(H,17,18)(H,19,20)(H,21,22). The second-order valence-electron chi connectivity index (χ2n) is 4.69. The molecule has 0 spiro atoms. The molecular formula is C16H13NO5. The first kappa shape index (κ1) is 15.2. The van der Waals surface area contributed by atoms with Crippen molar-refractivity contribution in [2.45, 2.75) is 6.92 Å². The predicted octanol–water partition coefficient (Wildman–Crippen LogP) is 2.64. The SMILES string of the molecule is Cc1cccc(C(=O)Nc2cc(C(=O)O)ccc2C(=O)O)c1. The van der Waals surface area contributed by atoms with Crippen molar-refractivity contribution < 1.29 is 24.6 Å². The van der Waals surface area contributed by atoms with E-state index in [9.17, 15) is 14.4 Å². The molecule has 0 unspecified atom stereocenters. The molecule has 2 aromatic carbocycles. The third-order valence-electron chi connectivity index (χ3n) is 3.03. The summed E-state index contributed by atoms with van der Waals surface area (Å²) < 4.78 is 0. The summed E-state index contributed by atoms with van der Waals surface area (Å²) in [5.74, 6) is -2.96. The number of amides is 1. The third-order valence-corrected chi connectivity index (χ3v) is 3.03. The molecule has 1 amide bonds. The molecule has 0 saturated heterocycles. The maximum absolute atomic E-state index is 12.2. The van der Waals surface area contributed by atoms with Gasteiger partial charge >= 0.3 is 11.9 Å². The Labute approximate surface area is 126 Å². The monoisotopic (exact) mass is 299 g/mol. The molecule has 0 saturated carbocycles. The van der Waals surface area contributed by atoms with Gasteiger partial charge in [0.2, 0.25) is 0 Å². The number of aromatic carboxylic acids is 2. The van der Waals surface area contributed by atoms with E-state index in [-0.39, 0.29) is 16.8 Å². The Kier molecular flexibility index (Phi) is 4.22. The van der Waals surface area contributed by atoms with E-state index >= 15 is 0 Å². The van der Waals surface area contributed by atoms with Crippen LogP contribution in [0.4, 0.5) is 5.69 Å². The van der Waals surface area contributed by atoms with Crippen LogP contribution in [0, 0.1) is 6.92 Å². The second kappa shape index (κ2) is 6.09. The number of nitrogens with one attached hydrogen (secondary N) is 1. The smallest absolute Gasteiger partial charge is 0.337 e. The lowest BCUT2D eigenvalue weighted by molar-refractivity contribution is 0.0682. The van der Waals surface area contributed by atoms with Gasteiger partial charge in [0.15, 0.2) is 0 Å². The molecule has 0 aliphatic heterocycles. The van der Waals surface area contributed by atoms with Crippen molar-refractivity contribution in [1.29, 1.82) is 0 Å². The fourth-order valence-electron chi connectivity index (χ4n) is 1.95. The number of carbonyl (C=O) groups excluding carboxylic acids is 1. The highest BCUT2D eigenvalue weighted by Gasteiger charge is 2.16. The number of rotatable bonds is 4. The van der Waals surface area contributed by atoms with Gasteiger partial charge in [0, 0.05) is 5.56 Å². The Balaban J connectivity index is 2.38. The lowest BCUT2D eigenvalue weighted by atomic mass is 10.1. The van der Waals surface area contributed by atoms with Crippen LogP contribution in [0.25, 0.3) is 0 Å². The molecule has 0 radical (unpaired) electrons. The summed E-state index contributed by atoms with van der Waals surface area (Å²) >= 11 is 0. The lowest BCUT2D eigenvalue weighted by Crippen LogP contribution is -2.15. The van der Waals surface area contributed by atoms with E-state index in [2.05, 4.69) is 5.32 Å². The molecule has 3 N–H and O–H groups in total.